The molecule has 0 radical (unpaired) electrons. The predicted molar refractivity (Wildman–Crippen MR) is 76.0 cm³/mol. The van der Waals surface area contributed by atoms with Crippen LogP contribution in [0.4, 0.5) is 0 Å². The van der Waals surface area contributed by atoms with Crippen molar-refractivity contribution in [3.63, 3.8) is 0 Å². The van der Waals surface area contributed by atoms with Crippen LogP contribution >= 0.6 is 11.5 Å². The van der Waals surface area contributed by atoms with Gasteiger partial charge in [-0.15, -0.1) is 5.10 Å². The van der Waals surface area contributed by atoms with Crippen LogP contribution in [0.25, 0.3) is 0 Å². The van der Waals surface area contributed by atoms with Crippen LogP contribution in [0.3, 0.4) is 0 Å². The quantitative estimate of drug-likeness (QED) is 0.923. The lowest BCUT2D eigenvalue weighted by atomic mass is 9.65. The highest BCUT2D eigenvalue weighted by atomic mass is 32.1. The molecule has 106 valence electrons. The molecule has 2 aliphatic rings. The van der Waals surface area contributed by atoms with Gasteiger partial charge in [-0.3, -0.25) is 4.90 Å². The minimum absolute atomic E-state index is 0.368. The molecule has 0 amide bonds. The average Bonchev–Trinajstić information content (AvgIpc) is 2.68. The summed E-state index contributed by atoms with van der Waals surface area (Å²) in [5.74, 6) is 0.921. The molecule has 0 unspecified atom stereocenters. The highest BCUT2D eigenvalue weighted by Gasteiger charge is 2.46. The van der Waals surface area contributed by atoms with Crippen LogP contribution < -0.4 is 0 Å². The van der Waals surface area contributed by atoms with Crippen molar-refractivity contribution in [1.29, 1.82) is 0 Å². The van der Waals surface area contributed by atoms with Crippen molar-refractivity contribution >= 4 is 11.5 Å². The van der Waals surface area contributed by atoms with E-state index in [0.29, 0.717) is 11.8 Å². The van der Waals surface area contributed by atoms with E-state index in [1.165, 1.54) is 35.7 Å². The molecule has 1 N–H and O–H groups in total. The van der Waals surface area contributed by atoms with Gasteiger partial charge >= 0.3 is 0 Å². The van der Waals surface area contributed by atoms with Gasteiger partial charge in [0.15, 0.2) is 0 Å². The van der Waals surface area contributed by atoms with Crippen molar-refractivity contribution in [1.82, 2.24) is 14.5 Å². The minimum atomic E-state index is -0.407. The van der Waals surface area contributed by atoms with Crippen molar-refractivity contribution in [2.75, 3.05) is 13.1 Å². The first-order valence-corrected chi connectivity index (χ1v) is 8.09. The minimum Gasteiger partial charge on any atom is -0.389 e. The van der Waals surface area contributed by atoms with Gasteiger partial charge in [0.1, 0.15) is 0 Å². The van der Waals surface area contributed by atoms with Crippen LogP contribution in [0.2, 0.25) is 0 Å². The van der Waals surface area contributed by atoms with Crippen LogP contribution in [0, 0.1) is 18.8 Å². The maximum absolute atomic E-state index is 10.9. The van der Waals surface area contributed by atoms with Gasteiger partial charge < -0.3 is 5.11 Å². The topological polar surface area (TPSA) is 49.2 Å². The number of hydrogen-bond acceptors (Lipinski definition) is 5. The van der Waals surface area contributed by atoms with E-state index in [4.69, 9.17) is 0 Å². The zero-order valence-corrected chi connectivity index (χ0v) is 12.6. The smallest absolute Gasteiger partial charge is 0.0769 e. The van der Waals surface area contributed by atoms with Crippen molar-refractivity contribution in [3.8, 4) is 0 Å². The third-order valence-electron chi connectivity index (χ3n) is 5.14. The van der Waals surface area contributed by atoms with Gasteiger partial charge in [-0.2, -0.15) is 0 Å². The molecular formula is C14H23N3OS. The lowest BCUT2D eigenvalue weighted by Crippen LogP contribution is -2.56. The second-order valence-electron chi connectivity index (χ2n) is 6.29. The average molecular weight is 281 g/mol. The summed E-state index contributed by atoms with van der Waals surface area (Å²) < 4.78 is 4.00. The number of aromatic nitrogens is 2. The zero-order valence-electron chi connectivity index (χ0n) is 11.8. The summed E-state index contributed by atoms with van der Waals surface area (Å²) in [6.45, 7) is 7.16. The molecule has 2 atom stereocenters. The summed E-state index contributed by atoms with van der Waals surface area (Å²) >= 11 is 1.50. The molecule has 2 heterocycles. The number of rotatable bonds is 3. The predicted octanol–water partition coefficient (Wildman–Crippen LogP) is 2.22. The molecule has 1 aliphatic carbocycles. The van der Waals surface area contributed by atoms with E-state index >= 15 is 0 Å². The van der Waals surface area contributed by atoms with E-state index in [1.807, 2.05) is 6.92 Å². The van der Waals surface area contributed by atoms with E-state index in [9.17, 15) is 5.11 Å². The van der Waals surface area contributed by atoms with Crippen molar-refractivity contribution in [3.05, 3.63) is 10.6 Å². The van der Waals surface area contributed by atoms with Gasteiger partial charge in [0, 0.05) is 19.6 Å². The van der Waals surface area contributed by atoms with Gasteiger partial charge in [-0.25, -0.2) is 0 Å². The van der Waals surface area contributed by atoms with Crippen LogP contribution in [0.1, 0.15) is 43.2 Å². The zero-order chi connectivity index (χ0) is 13.5. The van der Waals surface area contributed by atoms with Gasteiger partial charge in [-0.05, 0) is 49.6 Å². The molecule has 0 spiro atoms. The van der Waals surface area contributed by atoms with E-state index in [2.05, 4.69) is 21.4 Å². The monoisotopic (exact) mass is 281 g/mol. The second-order valence-corrected chi connectivity index (χ2v) is 7.13. The molecule has 0 bridgehead atoms. The molecule has 1 aliphatic heterocycles. The summed E-state index contributed by atoms with van der Waals surface area (Å²) in [6.07, 6.45) is 4.66. The Labute approximate surface area is 119 Å². The highest BCUT2D eigenvalue weighted by Crippen LogP contribution is 2.44. The Morgan fingerprint density at radius 1 is 1.47 bits per heavy atom. The van der Waals surface area contributed by atoms with Gasteiger partial charge in [0.05, 0.1) is 16.2 Å². The molecule has 1 aromatic heterocycles. The third-order valence-corrected chi connectivity index (χ3v) is 5.95. The molecule has 1 saturated heterocycles. The summed E-state index contributed by atoms with van der Waals surface area (Å²) in [4.78, 5) is 3.71. The van der Waals surface area contributed by atoms with E-state index in [1.54, 1.807) is 0 Å². The Balaban J connectivity index is 1.62. The number of hydrogen-bond donors (Lipinski definition) is 1. The first-order chi connectivity index (χ1) is 9.09. The first kappa shape index (κ1) is 13.5. The maximum atomic E-state index is 10.9. The normalized spacial score (nSPS) is 33.3. The number of nitrogens with zero attached hydrogens (tertiary/aromatic N) is 3. The molecule has 19 heavy (non-hydrogen) atoms. The molecule has 0 aromatic carbocycles. The Morgan fingerprint density at radius 3 is 2.79 bits per heavy atom. The molecule has 3 rings (SSSR count). The van der Waals surface area contributed by atoms with Crippen molar-refractivity contribution in [2.24, 2.45) is 11.8 Å². The van der Waals surface area contributed by atoms with Crippen molar-refractivity contribution in [2.45, 2.75) is 51.7 Å². The lowest BCUT2D eigenvalue weighted by molar-refractivity contribution is -0.128. The Bertz CT molecular complexity index is 446. The third kappa shape index (κ3) is 2.43. The maximum Gasteiger partial charge on any atom is 0.0769 e. The van der Waals surface area contributed by atoms with E-state index in [0.717, 1.165) is 31.7 Å². The summed E-state index contributed by atoms with van der Waals surface area (Å²) in [7, 11) is 0. The summed E-state index contributed by atoms with van der Waals surface area (Å²) in [6, 6.07) is 0. The molecular weight excluding hydrogens is 258 g/mol. The largest absolute Gasteiger partial charge is 0.389 e. The first-order valence-electron chi connectivity index (χ1n) is 7.32. The van der Waals surface area contributed by atoms with Crippen LogP contribution in [0.15, 0.2) is 0 Å². The SMILES string of the molecule is Cc1nnsc1CN1CC[C@@](O)(C2CCC2)[C@H](C)C1. The lowest BCUT2D eigenvalue weighted by Gasteiger charge is -2.50. The van der Waals surface area contributed by atoms with Crippen molar-refractivity contribution < 1.29 is 5.11 Å². The van der Waals surface area contributed by atoms with Crippen LogP contribution in [-0.4, -0.2) is 38.3 Å². The van der Waals surface area contributed by atoms with E-state index in [-0.39, 0.29) is 0 Å². The van der Waals surface area contributed by atoms with Gasteiger partial charge in [0.25, 0.3) is 0 Å². The fourth-order valence-corrected chi connectivity index (χ4v) is 4.15. The Hall–Kier alpha value is -0.520. The number of aryl methyl sites for hydroxylation is 1. The van der Waals surface area contributed by atoms with Crippen LogP contribution in [-0.2, 0) is 6.54 Å². The standard InChI is InChI=1S/C14H23N3OS/c1-10-8-17(9-13-11(2)15-16-19-13)7-6-14(10,18)12-4-3-5-12/h10,12,18H,3-9H2,1-2H3/t10-,14+/m1/s1. The molecule has 1 aromatic rings. The van der Waals surface area contributed by atoms with E-state index < -0.39 is 5.60 Å². The van der Waals surface area contributed by atoms with Gasteiger partial charge in [-0.1, -0.05) is 17.8 Å². The molecule has 5 heteroatoms. The molecule has 2 fully saturated rings. The fraction of sp³-hybridized carbons (Fsp3) is 0.857. The fourth-order valence-electron chi connectivity index (χ4n) is 3.48. The molecule has 1 saturated carbocycles. The highest BCUT2D eigenvalue weighted by molar-refractivity contribution is 7.05. The second kappa shape index (κ2) is 5.11. The number of aliphatic hydroxyl groups is 1. The Kier molecular flexibility index (Phi) is 3.62. The molecule has 4 nitrogen and oxygen atoms in total. The number of likely N-dealkylation sites (tertiary alicyclic amines) is 1. The van der Waals surface area contributed by atoms with Gasteiger partial charge in [0.2, 0.25) is 0 Å². The summed E-state index contributed by atoms with van der Waals surface area (Å²) in [5, 5.41) is 15.0. The summed E-state index contributed by atoms with van der Waals surface area (Å²) in [5.41, 5.74) is 0.646. The van der Waals surface area contributed by atoms with Crippen LogP contribution in [0.5, 0.6) is 0 Å². The Morgan fingerprint density at radius 2 is 2.26 bits per heavy atom. The number of piperidine rings is 1.